The predicted octanol–water partition coefficient (Wildman–Crippen LogP) is 3.06. The molecular weight excluding hydrogens is 312 g/mol. The third-order valence-electron chi connectivity index (χ3n) is 2.85. The van der Waals surface area contributed by atoms with Gasteiger partial charge in [0, 0.05) is 18.1 Å². The first-order chi connectivity index (χ1) is 10.1. The van der Waals surface area contributed by atoms with E-state index < -0.39 is 0 Å². The van der Waals surface area contributed by atoms with Crippen LogP contribution >= 0.6 is 23.8 Å². The molecule has 0 spiro atoms. The zero-order valence-corrected chi connectivity index (χ0v) is 13.5. The Kier molecular flexibility index (Phi) is 4.98. The van der Waals surface area contributed by atoms with E-state index in [1.165, 1.54) is 0 Å². The number of aryl methyl sites for hydroxylation is 1. The molecule has 8 heteroatoms. The molecule has 6 nitrogen and oxygen atoms in total. The summed E-state index contributed by atoms with van der Waals surface area (Å²) < 4.78 is 12.4. The van der Waals surface area contributed by atoms with Crippen molar-refractivity contribution in [3.8, 4) is 11.5 Å². The van der Waals surface area contributed by atoms with E-state index in [1.54, 1.807) is 37.2 Å². The molecule has 1 aromatic heterocycles. The van der Waals surface area contributed by atoms with E-state index in [-0.39, 0.29) is 0 Å². The summed E-state index contributed by atoms with van der Waals surface area (Å²) in [5, 5.41) is 11.6. The van der Waals surface area contributed by atoms with Gasteiger partial charge in [-0.2, -0.15) is 14.9 Å². The molecule has 0 bridgehead atoms. The van der Waals surface area contributed by atoms with Crippen LogP contribution < -0.4 is 9.47 Å². The van der Waals surface area contributed by atoms with E-state index in [2.05, 4.69) is 15.3 Å². The Morgan fingerprint density at radius 2 is 2.05 bits per heavy atom. The molecule has 0 aliphatic carbocycles. The first-order valence-corrected chi connectivity index (χ1v) is 7.01. The Morgan fingerprint density at radius 1 is 1.38 bits per heavy atom. The highest BCUT2D eigenvalue weighted by Gasteiger charge is 2.09. The van der Waals surface area contributed by atoms with Crippen molar-refractivity contribution >= 4 is 30.0 Å². The monoisotopic (exact) mass is 326 g/mol. The third kappa shape index (κ3) is 3.25. The number of hydrogen-bond acceptors (Lipinski definition) is 5. The van der Waals surface area contributed by atoms with Crippen molar-refractivity contribution in [2.75, 3.05) is 14.2 Å². The van der Waals surface area contributed by atoms with Crippen LogP contribution in [0.3, 0.4) is 0 Å². The second-order valence-electron chi connectivity index (χ2n) is 4.08. The minimum absolute atomic E-state index is 0.430. The van der Waals surface area contributed by atoms with Crippen molar-refractivity contribution in [1.29, 1.82) is 0 Å². The van der Waals surface area contributed by atoms with Gasteiger partial charge < -0.3 is 9.47 Å². The average Bonchev–Trinajstić information content (AvgIpc) is 2.85. The Bertz CT molecular complexity index is 723. The lowest BCUT2D eigenvalue weighted by molar-refractivity contribution is 0.355. The molecule has 0 saturated heterocycles. The topological polar surface area (TPSA) is 64.4 Å². The van der Waals surface area contributed by atoms with Crippen LogP contribution in [0.1, 0.15) is 18.3 Å². The molecule has 0 fully saturated rings. The molecule has 112 valence electrons. The van der Waals surface area contributed by atoms with Gasteiger partial charge in [0.25, 0.3) is 0 Å². The number of halogens is 1. The smallest absolute Gasteiger partial charge is 0.216 e. The maximum absolute atomic E-state index is 6.21. The lowest BCUT2D eigenvalue weighted by Crippen LogP contribution is -1.98. The lowest BCUT2D eigenvalue weighted by Gasteiger charge is -2.09. The quantitative estimate of drug-likeness (QED) is 0.677. The lowest BCUT2D eigenvalue weighted by atomic mass is 10.2. The van der Waals surface area contributed by atoms with Gasteiger partial charge in [0.15, 0.2) is 17.3 Å². The van der Waals surface area contributed by atoms with Gasteiger partial charge in [0.2, 0.25) is 4.77 Å². The zero-order chi connectivity index (χ0) is 15.4. The standard InChI is InChI=1S/C13H15ClN4O2S/c1-4-12-16-17-13(21)18(12)15-7-8-5-10(19-2)11(20-3)6-9(8)14/h5-7H,4H2,1-3H3,(H,17,21)/b15-7-. The van der Waals surface area contributed by atoms with Gasteiger partial charge in [-0.3, -0.25) is 5.10 Å². The molecule has 1 heterocycles. The fraction of sp³-hybridized carbons (Fsp3) is 0.308. The van der Waals surface area contributed by atoms with Crippen molar-refractivity contribution in [3.05, 3.63) is 33.3 Å². The van der Waals surface area contributed by atoms with Crippen LogP contribution in [0.25, 0.3) is 0 Å². The van der Waals surface area contributed by atoms with Crippen LogP contribution in [0, 0.1) is 4.77 Å². The van der Waals surface area contributed by atoms with Gasteiger partial charge in [0.1, 0.15) is 0 Å². The Balaban J connectivity index is 2.41. The normalized spacial score (nSPS) is 11.0. The average molecular weight is 327 g/mol. The van der Waals surface area contributed by atoms with Gasteiger partial charge in [-0.25, -0.2) is 0 Å². The summed E-state index contributed by atoms with van der Waals surface area (Å²) in [5.41, 5.74) is 0.694. The summed E-state index contributed by atoms with van der Waals surface area (Å²) in [6, 6.07) is 3.43. The Labute approximate surface area is 132 Å². The zero-order valence-electron chi connectivity index (χ0n) is 11.9. The summed E-state index contributed by atoms with van der Waals surface area (Å²) in [4.78, 5) is 0. The van der Waals surface area contributed by atoms with Crippen LogP contribution in [-0.4, -0.2) is 35.3 Å². The molecule has 1 N–H and O–H groups in total. The minimum Gasteiger partial charge on any atom is -0.493 e. The molecule has 0 aliphatic heterocycles. The molecule has 0 amide bonds. The highest BCUT2D eigenvalue weighted by Crippen LogP contribution is 2.32. The van der Waals surface area contributed by atoms with E-state index in [9.17, 15) is 0 Å². The molecular formula is C13H15ClN4O2S. The number of H-pyrrole nitrogens is 1. The first kappa shape index (κ1) is 15.5. The van der Waals surface area contributed by atoms with E-state index >= 15 is 0 Å². The number of nitrogens with zero attached hydrogens (tertiary/aromatic N) is 3. The number of methoxy groups -OCH3 is 2. The Hall–Kier alpha value is -1.86. The molecule has 1 aromatic carbocycles. The number of ether oxygens (including phenoxy) is 2. The summed E-state index contributed by atoms with van der Waals surface area (Å²) in [6.45, 7) is 1.97. The second kappa shape index (κ2) is 6.73. The van der Waals surface area contributed by atoms with Gasteiger partial charge >= 0.3 is 0 Å². The van der Waals surface area contributed by atoms with E-state index in [4.69, 9.17) is 33.3 Å². The minimum atomic E-state index is 0.430. The van der Waals surface area contributed by atoms with Gasteiger partial charge in [0.05, 0.1) is 25.5 Å². The van der Waals surface area contributed by atoms with Crippen LogP contribution in [0.5, 0.6) is 11.5 Å². The third-order valence-corrected chi connectivity index (χ3v) is 3.44. The molecule has 0 aliphatic rings. The molecule has 0 radical (unpaired) electrons. The van der Waals surface area contributed by atoms with Crippen molar-refractivity contribution in [1.82, 2.24) is 14.9 Å². The second-order valence-corrected chi connectivity index (χ2v) is 4.88. The van der Waals surface area contributed by atoms with Crippen molar-refractivity contribution in [2.24, 2.45) is 5.10 Å². The number of aromatic nitrogens is 3. The largest absolute Gasteiger partial charge is 0.493 e. The fourth-order valence-electron chi connectivity index (χ4n) is 1.76. The van der Waals surface area contributed by atoms with Crippen molar-refractivity contribution in [2.45, 2.75) is 13.3 Å². The van der Waals surface area contributed by atoms with Gasteiger partial charge in [-0.1, -0.05) is 18.5 Å². The maximum Gasteiger partial charge on any atom is 0.216 e. The number of rotatable bonds is 5. The predicted molar refractivity (Wildman–Crippen MR) is 84.3 cm³/mol. The highest BCUT2D eigenvalue weighted by atomic mass is 35.5. The SMILES string of the molecule is CCc1n[nH]c(=S)n1/N=C\c1cc(OC)c(OC)cc1Cl. The van der Waals surface area contributed by atoms with Crippen LogP contribution in [0.2, 0.25) is 5.02 Å². The van der Waals surface area contributed by atoms with Gasteiger partial charge in [-0.15, -0.1) is 0 Å². The van der Waals surface area contributed by atoms with E-state index in [0.29, 0.717) is 33.3 Å². The molecule has 2 rings (SSSR count). The fourth-order valence-corrected chi connectivity index (χ4v) is 2.16. The summed E-state index contributed by atoms with van der Waals surface area (Å²) >= 11 is 11.3. The van der Waals surface area contributed by atoms with Crippen LogP contribution in [0.15, 0.2) is 17.2 Å². The summed E-state index contributed by atoms with van der Waals surface area (Å²) in [6.07, 6.45) is 2.32. The number of nitrogens with one attached hydrogen (secondary N) is 1. The summed E-state index contributed by atoms with van der Waals surface area (Å²) in [5.74, 6) is 1.89. The number of hydrogen-bond donors (Lipinski definition) is 1. The highest BCUT2D eigenvalue weighted by molar-refractivity contribution is 7.71. The molecule has 0 atom stereocenters. The van der Waals surface area contributed by atoms with Gasteiger partial charge in [-0.05, 0) is 18.3 Å². The van der Waals surface area contributed by atoms with Crippen LogP contribution in [0.4, 0.5) is 0 Å². The van der Waals surface area contributed by atoms with Crippen LogP contribution in [-0.2, 0) is 6.42 Å². The van der Waals surface area contributed by atoms with Crippen molar-refractivity contribution < 1.29 is 9.47 Å². The molecule has 21 heavy (non-hydrogen) atoms. The molecule has 2 aromatic rings. The summed E-state index contributed by atoms with van der Waals surface area (Å²) in [7, 11) is 3.12. The molecule has 0 unspecified atom stereocenters. The van der Waals surface area contributed by atoms with E-state index in [1.807, 2.05) is 6.92 Å². The maximum atomic E-state index is 6.21. The Morgan fingerprint density at radius 3 is 2.67 bits per heavy atom. The number of aromatic amines is 1. The van der Waals surface area contributed by atoms with Crippen molar-refractivity contribution in [3.63, 3.8) is 0 Å². The molecule has 0 saturated carbocycles. The first-order valence-electron chi connectivity index (χ1n) is 6.22. The van der Waals surface area contributed by atoms with E-state index in [0.717, 1.165) is 5.82 Å². The number of benzene rings is 1.